The Kier molecular flexibility index (Phi) is 9.69. The van der Waals surface area contributed by atoms with Crippen LogP contribution in [0.2, 0.25) is 0 Å². The van der Waals surface area contributed by atoms with Crippen LogP contribution in [-0.2, 0) is 32.0 Å². The zero-order valence-corrected chi connectivity index (χ0v) is 25.6. The summed E-state index contributed by atoms with van der Waals surface area (Å²) in [4.78, 5) is 40.5. The monoisotopic (exact) mass is 580 g/mol. The number of benzene rings is 2. The third kappa shape index (κ3) is 8.87. The van der Waals surface area contributed by atoms with Crippen molar-refractivity contribution in [1.29, 1.82) is 0 Å². The van der Waals surface area contributed by atoms with Gasteiger partial charge in [-0.3, -0.25) is 4.79 Å². The molecule has 4 rings (SSSR count). The summed E-state index contributed by atoms with van der Waals surface area (Å²) in [6.07, 6.45) is 0.836. The Labute approximate surface area is 248 Å². The summed E-state index contributed by atoms with van der Waals surface area (Å²) < 4.78 is 22.7. The number of carbonyl (C=O) groups is 3. The molecule has 1 N–H and O–H groups in total. The minimum atomic E-state index is -0.641. The number of fused-ring (bicyclic) bond motifs is 1. The summed E-state index contributed by atoms with van der Waals surface area (Å²) in [5.74, 6) is -0.126. The predicted molar refractivity (Wildman–Crippen MR) is 158 cm³/mol. The molecule has 1 fully saturated rings. The molecule has 42 heavy (non-hydrogen) atoms. The molecule has 2 aromatic rings. The second kappa shape index (κ2) is 13.0. The fourth-order valence-electron chi connectivity index (χ4n) is 5.31. The number of hydrogen-bond donors (Lipinski definition) is 1. The lowest BCUT2D eigenvalue weighted by molar-refractivity contribution is -0.161. The van der Waals surface area contributed by atoms with Gasteiger partial charge in [0.15, 0.2) is 0 Å². The Morgan fingerprint density at radius 3 is 2.36 bits per heavy atom. The molecule has 0 radical (unpaired) electrons. The zero-order chi connectivity index (χ0) is 30.5. The van der Waals surface area contributed by atoms with E-state index in [9.17, 15) is 14.4 Å². The number of nitrogens with one attached hydrogen (secondary N) is 1. The molecule has 2 aliphatic heterocycles. The third-order valence-electron chi connectivity index (χ3n) is 7.23. The molecule has 9 nitrogen and oxygen atoms in total. The van der Waals surface area contributed by atoms with E-state index in [1.54, 1.807) is 4.90 Å². The highest BCUT2D eigenvalue weighted by Gasteiger charge is 2.39. The van der Waals surface area contributed by atoms with Crippen LogP contribution in [0.25, 0.3) is 0 Å². The fourth-order valence-corrected chi connectivity index (χ4v) is 5.31. The molecule has 0 bridgehead atoms. The highest BCUT2D eigenvalue weighted by atomic mass is 16.6. The molecule has 0 aliphatic carbocycles. The van der Waals surface area contributed by atoms with Gasteiger partial charge in [0, 0.05) is 25.1 Å². The van der Waals surface area contributed by atoms with Crippen LogP contribution in [0.1, 0.15) is 77.1 Å². The Balaban J connectivity index is 1.48. The molecule has 2 amide bonds. The number of likely N-dealkylation sites (tertiary alicyclic amines) is 1. The SMILES string of the molecule is CC(C)(C)OC(=O)[C@@H](Cc1ccc2c(c1)C(NC(=O)OCc1ccccc1)CCO2)[C@H]1CCN(C(=O)OC(C)(C)C)C1. The van der Waals surface area contributed by atoms with Crippen LogP contribution in [0.15, 0.2) is 48.5 Å². The van der Waals surface area contributed by atoms with Crippen LogP contribution in [-0.4, -0.2) is 54.0 Å². The van der Waals surface area contributed by atoms with Gasteiger partial charge < -0.3 is 29.2 Å². The normalized spacial score (nSPS) is 19.2. The Bertz CT molecular complexity index is 1250. The number of nitrogens with zero attached hydrogens (tertiary/aromatic N) is 1. The van der Waals surface area contributed by atoms with Gasteiger partial charge >= 0.3 is 18.2 Å². The minimum Gasteiger partial charge on any atom is -0.493 e. The molecule has 9 heteroatoms. The average Bonchev–Trinajstić information content (AvgIpc) is 3.40. The molecule has 3 atom stereocenters. The lowest BCUT2D eigenvalue weighted by Gasteiger charge is -2.29. The highest BCUT2D eigenvalue weighted by Crippen LogP contribution is 2.36. The van der Waals surface area contributed by atoms with Crippen molar-refractivity contribution in [2.24, 2.45) is 11.8 Å². The molecule has 2 heterocycles. The van der Waals surface area contributed by atoms with Gasteiger partial charge in [-0.25, -0.2) is 9.59 Å². The summed E-state index contributed by atoms with van der Waals surface area (Å²) in [6.45, 7) is 12.7. The first kappa shape index (κ1) is 31.2. The van der Waals surface area contributed by atoms with Gasteiger partial charge in [-0.1, -0.05) is 42.5 Å². The zero-order valence-electron chi connectivity index (χ0n) is 25.6. The summed E-state index contributed by atoms with van der Waals surface area (Å²) in [6, 6.07) is 15.1. The summed E-state index contributed by atoms with van der Waals surface area (Å²) >= 11 is 0. The van der Waals surface area contributed by atoms with Crippen molar-refractivity contribution in [2.75, 3.05) is 19.7 Å². The summed E-state index contributed by atoms with van der Waals surface area (Å²) in [7, 11) is 0. The minimum absolute atomic E-state index is 0.0819. The van der Waals surface area contributed by atoms with Gasteiger partial charge in [0.1, 0.15) is 23.6 Å². The molecule has 0 aromatic heterocycles. The van der Waals surface area contributed by atoms with Crippen molar-refractivity contribution in [3.8, 4) is 5.75 Å². The standard InChI is InChI=1S/C33H44N2O7/c1-32(2,3)41-29(36)25(24-14-16-35(20-24)31(38)42-33(4,5)6)18-23-12-13-28-26(19-23)27(15-17-39-28)34-30(37)40-21-22-10-8-7-9-11-22/h7-13,19,24-25,27H,14-18,20-21H2,1-6H3,(H,34,37)/t24-,25-,27?/m0/s1. The van der Waals surface area contributed by atoms with Crippen molar-refractivity contribution < 1.29 is 33.3 Å². The number of carbonyl (C=O) groups excluding carboxylic acids is 3. The van der Waals surface area contributed by atoms with Gasteiger partial charge in [0.25, 0.3) is 0 Å². The van der Waals surface area contributed by atoms with Gasteiger partial charge in [-0.05, 0) is 77.5 Å². The molecule has 0 saturated carbocycles. The van der Waals surface area contributed by atoms with E-state index in [1.807, 2.05) is 90.1 Å². The van der Waals surface area contributed by atoms with Gasteiger partial charge in [0.2, 0.25) is 0 Å². The van der Waals surface area contributed by atoms with Gasteiger partial charge in [-0.15, -0.1) is 0 Å². The molecule has 2 aliphatic rings. The van der Waals surface area contributed by atoms with Crippen molar-refractivity contribution in [1.82, 2.24) is 10.2 Å². The van der Waals surface area contributed by atoms with Crippen LogP contribution < -0.4 is 10.1 Å². The van der Waals surface area contributed by atoms with Crippen molar-refractivity contribution >= 4 is 18.2 Å². The van der Waals surface area contributed by atoms with Crippen LogP contribution >= 0.6 is 0 Å². The number of hydrogen-bond acceptors (Lipinski definition) is 7. The molecule has 1 unspecified atom stereocenters. The average molecular weight is 581 g/mol. The van der Waals surface area contributed by atoms with Crippen molar-refractivity contribution in [2.45, 2.75) is 84.7 Å². The fraction of sp³-hybridized carbons (Fsp3) is 0.545. The molecular formula is C33H44N2O7. The van der Waals surface area contributed by atoms with E-state index in [-0.39, 0.29) is 30.6 Å². The summed E-state index contributed by atoms with van der Waals surface area (Å²) in [5, 5.41) is 2.98. The number of esters is 1. The quantitative estimate of drug-likeness (QED) is 0.307. The van der Waals surface area contributed by atoms with E-state index in [0.717, 1.165) is 16.7 Å². The smallest absolute Gasteiger partial charge is 0.410 e. The molecule has 0 spiro atoms. The first-order chi connectivity index (χ1) is 19.8. The van der Waals surface area contributed by atoms with Crippen LogP contribution in [0, 0.1) is 11.8 Å². The number of alkyl carbamates (subject to hydrolysis) is 1. The Hall–Kier alpha value is -3.75. The Morgan fingerprint density at radius 1 is 0.952 bits per heavy atom. The maximum atomic E-state index is 13.5. The second-order valence-electron chi connectivity index (χ2n) is 13.1. The van der Waals surface area contributed by atoms with Crippen molar-refractivity contribution in [3.63, 3.8) is 0 Å². The lowest BCUT2D eigenvalue weighted by Crippen LogP contribution is -2.38. The highest BCUT2D eigenvalue weighted by molar-refractivity contribution is 5.74. The second-order valence-corrected chi connectivity index (χ2v) is 13.1. The van der Waals surface area contributed by atoms with Crippen LogP contribution in [0.4, 0.5) is 9.59 Å². The van der Waals surface area contributed by atoms with E-state index in [2.05, 4.69) is 5.32 Å². The molecule has 2 aromatic carbocycles. The third-order valence-corrected chi connectivity index (χ3v) is 7.23. The van der Waals surface area contributed by atoms with Crippen LogP contribution in [0.5, 0.6) is 5.75 Å². The maximum Gasteiger partial charge on any atom is 0.410 e. The van der Waals surface area contributed by atoms with Gasteiger partial charge in [-0.2, -0.15) is 0 Å². The van der Waals surface area contributed by atoms with E-state index in [4.69, 9.17) is 18.9 Å². The van der Waals surface area contributed by atoms with E-state index in [1.165, 1.54) is 0 Å². The number of amides is 2. The predicted octanol–water partition coefficient (Wildman–Crippen LogP) is 6.19. The van der Waals surface area contributed by atoms with E-state index < -0.39 is 23.2 Å². The van der Waals surface area contributed by atoms with Crippen molar-refractivity contribution in [3.05, 3.63) is 65.2 Å². The number of ether oxygens (including phenoxy) is 4. The first-order valence-electron chi connectivity index (χ1n) is 14.7. The molecule has 1 saturated heterocycles. The lowest BCUT2D eigenvalue weighted by atomic mass is 9.85. The Morgan fingerprint density at radius 2 is 1.67 bits per heavy atom. The maximum absolute atomic E-state index is 13.5. The summed E-state index contributed by atoms with van der Waals surface area (Å²) in [5.41, 5.74) is 1.45. The van der Waals surface area contributed by atoms with Crippen LogP contribution in [0.3, 0.4) is 0 Å². The number of rotatable bonds is 7. The van der Waals surface area contributed by atoms with E-state index >= 15 is 0 Å². The topological polar surface area (TPSA) is 103 Å². The molecule has 228 valence electrons. The van der Waals surface area contributed by atoms with E-state index in [0.29, 0.717) is 44.7 Å². The molecular weight excluding hydrogens is 536 g/mol. The van der Waals surface area contributed by atoms with Gasteiger partial charge in [0.05, 0.1) is 18.6 Å². The first-order valence-corrected chi connectivity index (χ1v) is 14.7. The largest absolute Gasteiger partial charge is 0.493 e.